The molecule has 0 unspecified atom stereocenters. The third-order valence-corrected chi connectivity index (χ3v) is 5.77. The highest BCUT2D eigenvalue weighted by Crippen LogP contribution is 2.35. The van der Waals surface area contributed by atoms with Crippen molar-refractivity contribution in [1.29, 1.82) is 0 Å². The molecular formula is C22H16Br2ClN3O5. The third kappa shape index (κ3) is 6.53. The summed E-state index contributed by atoms with van der Waals surface area (Å²) in [6, 6.07) is 14.6. The molecule has 0 spiro atoms. The van der Waals surface area contributed by atoms with Crippen molar-refractivity contribution in [3.05, 3.63) is 95.4 Å². The summed E-state index contributed by atoms with van der Waals surface area (Å²) in [6.07, 6.45) is 1.43. The molecule has 0 bridgehead atoms. The molecule has 0 aliphatic carbocycles. The molecule has 8 nitrogen and oxygen atoms in total. The second kappa shape index (κ2) is 11.3. The molecule has 0 aromatic heterocycles. The molecule has 0 aliphatic heterocycles. The van der Waals surface area contributed by atoms with Gasteiger partial charge in [-0.15, -0.1) is 0 Å². The Balaban J connectivity index is 1.69. The molecule has 0 heterocycles. The second-order valence-electron chi connectivity index (χ2n) is 6.57. The molecule has 0 aliphatic rings. The SMILES string of the molecule is COc1ccc([N+](=O)[O-])cc1C(=O)N/N=C\c1cc(Br)c(OCc2ccc(Cl)cc2)c(Br)c1. The molecule has 3 aromatic carbocycles. The molecule has 0 radical (unpaired) electrons. The summed E-state index contributed by atoms with van der Waals surface area (Å²) in [4.78, 5) is 22.8. The van der Waals surface area contributed by atoms with Crippen LogP contribution in [0.5, 0.6) is 11.5 Å². The maximum absolute atomic E-state index is 12.4. The van der Waals surface area contributed by atoms with Crippen molar-refractivity contribution in [2.45, 2.75) is 6.61 Å². The van der Waals surface area contributed by atoms with Gasteiger partial charge in [0.05, 0.1) is 32.8 Å². The third-order valence-electron chi connectivity index (χ3n) is 4.34. The highest BCUT2D eigenvalue weighted by molar-refractivity contribution is 9.11. The van der Waals surface area contributed by atoms with Crippen molar-refractivity contribution in [3.8, 4) is 11.5 Å². The van der Waals surface area contributed by atoms with Crippen LogP contribution in [0.3, 0.4) is 0 Å². The Hall–Kier alpha value is -2.95. The molecule has 0 atom stereocenters. The van der Waals surface area contributed by atoms with Gasteiger partial charge in [-0.1, -0.05) is 23.7 Å². The van der Waals surface area contributed by atoms with Gasteiger partial charge in [-0.2, -0.15) is 5.10 Å². The Morgan fingerprint density at radius 2 is 1.82 bits per heavy atom. The minimum absolute atomic E-state index is 0.00263. The molecule has 0 saturated heterocycles. The van der Waals surface area contributed by atoms with Gasteiger partial charge in [-0.05, 0) is 73.3 Å². The fourth-order valence-electron chi connectivity index (χ4n) is 2.74. The molecule has 0 saturated carbocycles. The number of nitro benzene ring substituents is 1. The van der Waals surface area contributed by atoms with E-state index >= 15 is 0 Å². The number of hydrazone groups is 1. The topological polar surface area (TPSA) is 103 Å². The summed E-state index contributed by atoms with van der Waals surface area (Å²) in [6.45, 7) is 0.350. The van der Waals surface area contributed by atoms with Crippen LogP contribution < -0.4 is 14.9 Å². The van der Waals surface area contributed by atoms with Crippen molar-refractivity contribution in [3.63, 3.8) is 0 Å². The van der Waals surface area contributed by atoms with Crippen molar-refractivity contribution >= 4 is 61.3 Å². The van der Waals surface area contributed by atoms with Gasteiger partial charge in [0, 0.05) is 17.2 Å². The maximum atomic E-state index is 12.4. The first-order valence-electron chi connectivity index (χ1n) is 9.30. The predicted molar refractivity (Wildman–Crippen MR) is 132 cm³/mol. The van der Waals surface area contributed by atoms with Gasteiger partial charge in [0.1, 0.15) is 18.1 Å². The highest BCUT2D eigenvalue weighted by atomic mass is 79.9. The summed E-state index contributed by atoms with van der Waals surface area (Å²) in [7, 11) is 1.37. The zero-order valence-electron chi connectivity index (χ0n) is 17.1. The first kappa shape index (κ1) is 24.7. The molecule has 1 N–H and O–H groups in total. The van der Waals surface area contributed by atoms with Crippen molar-refractivity contribution < 1.29 is 19.2 Å². The second-order valence-corrected chi connectivity index (χ2v) is 8.71. The molecule has 33 heavy (non-hydrogen) atoms. The average molecular weight is 598 g/mol. The van der Waals surface area contributed by atoms with Crippen LogP contribution in [0.1, 0.15) is 21.5 Å². The number of amides is 1. The number of rotatable bonds is 8. The highest BCUT2D eigenvalue weighted by Gasteiger charge is 2.17. The van der Waals surface area contributed by atoms with E-state index in [-0.39, 0.29) is 17.0 Å². The van der Waals surface area contributed by atoms with Crippen molar-refractivity contribution in [2.75, 3.05) is 7.11 Å². The minimum atomic E-state index is -0.646. The molecule has 0 fully saturated rings. The summed E-state index contributed by atoms with van der Waals surface area (Å²) in [5.74, 6) is 0.154. The van der Waals surface area contributed by atoms with Gasteiger partial charge in [0.25, 0.3) is 11.6 Å². The van der Waals surface area contributed by atoms with Gasteiger partial charge >= 0.3 is 0 Å². The molecule has 11 heteroatoms. The van der Waals surface area contributed by atoms with E-state index in [4.69, 9.17) is 21.1 Å². The number of benzene rings is 3. The molecule has 1 amide bonds. The molecular weight excluding hydrogens is 582 g/mol. The monoisotopic (exact) mass is 595 g/mol. The summed E-state index contributed by atoms with van der Waals surface area (Å²) >= 11 is 12.9. The Bertz CT molecular complexity index is 1200. The van der Waals surface area contributed by atoms with Crippen LogP contribution in [0, 0.1) is 10.1 Å². The Kier molecular flexibility index (Phi) is 8.43. The maximum Gasteiger partial charge on any atom is 0.275 e. The Morgan fingerprint density at radius 1 is 1.15 bits per heavy atom. The van der Waals surface area contributed by atoms with Crippen LogP contribution in [-0.2, 0) is 6.61 Å². The lowest BCUT2D eigenvalue weighted by Gasteiger charge is -2.11. The van der Waals surface area contributed by atoms with E-state index in [2.05, 4.69) is 42.4 Å². The standard InChI is InChI=1S/C22H16Br2ClN3O5/c1-32-20-7-6-16(28(30)31)10-17(20)22(29)27-26-11-14-8-18(23)21(19(24)9-14)33-12-13-2-4-15(25)5-3-13/h2-11H,12H2,1H3,(H,27,29)/b26-11-. The molecule has 170 valence electrons. The zero-order valence-corrected chi connectivity index (χ0v) is 21.0. The Labute approximate surface area is 211 Å². The first-order valence-corrected chi connectivity index (χ1v) is 11.3. The fourth-order valence-corrected chi connectivity index (χ4v) is 4.32. The van der Waals surface area contributed by atoms with Crippen LogP contribution in [0.15, 0.2) is 68.6 Å². The number of carbonyl (C=O) groups is 1. The van der Waals surface area contributed by atoms with Crippen LogP contribution in [-0.4, -0.2) is 24.2 Å². The number of hydrogen-bond acceptors (Lipinski definition) is 6. The lowest BCUT2D eigenvalue weighted by Crippen LogP contribution is -2.18. The average Bonchev–Trinajstić information content (AvgIpc) is 2.79. The van der Waals surface area contributed by atoms with E-state index in [1.54, 1.807) is 24.3 Å². The van der Waals surface area contributed by atoms with Gasteiger partial charge in [-0.3, -0.25) is 14.9 Å². The van der Waals surface area contributed by atoms with E-state index in [0.717, 1.165) is 11.6 Å². The molecule has 3 aromatic rings. The fraction of sp³-hybridized carbons (Fsp3) is 0.0909. The van der Waals surface area contributed by atoms with Crippen LogP contribution >= 0.6 is 43.5 Å². The zero-order chi connectivity index (χ0) is 24.0. The Morgan fingerprint density at radius 3 is 2.42 bits per heavy atom. The largest absolute Gasteiger partial charge is 0.496 e. The minimum Gasteiger partial charge on any atom is -0.496 e. The smallest absolute Gasteiger partial charge is 0.275 e. The van der Waals surface area contributed by atoms with Gasteiger partial charge in [0.15, 0.2) is 0 Å². The van der Waals surface area contributed by atoms with Crippen LogP contribution in [0.25, 0.3) is 0 Å². The van der Waals surface area contributed by atoms with Crippen LogP contribution in [0.4, 0.5) is 5.69 Å². The number of ether oxygens (including phenoxy) is 2. The number of carbonyl (C=O) groups excluding carboxylic acids is 1. The summed E-state index contributed by atoms with van der Waals surface area (Å²) in [5.41, 5.74) is 3.74. The van der Waals surface area contributed by atoms with Crippen molar-refractivity contribution in [2.24, 2.45) is 5.10 Å². The van der Waals surface area contributed by atoms with E-state index in [0.29, 0.717) is 31.9 Å². The van der Waals surface area contributed by atoms with E-state index in [1.165, 1.54) is 25.5 Å². The first-order chi connectivity index (χ1) is 15.8. The molecule has 3 rings (SSSR count). The quantitative estimate of drug-likeness (QED) is 0.191. The van der Waals surface area contributed by atoms with Gasteiger partial charge < -0.3 is 9.47 Å². The van der Waals surface area contributed by atoms with Gasteiger partial charge in [0.2, 0.25) is 0 Å². The summed E-state index contributed by atoms with van der Waals surface area (Å²) < 4.78 is 12.3. The number of hydrogen-bond donors (Lipinski definition) is 1. The normalized spacial score (nSPS) is 10.8. The number of halogens is 3. The van der Waals surface area contributed by atoms with E-state index in [9.17, 15) is 14.9 Å². The van der Waals surface area contributed by atoms with E-state index < -0.39 is 10.8 Å². The van der Waals surface area contributed by atoms with Crippen molar-refractivity contribution in [1.82, 2.24) is 5.43 Å². The summed E-state index contributed by atoms with van der Waals surface area (Å²) in [5, 5.41) is 15.6. The number of nitrogens with zero attached hydrogens (tertiary/aromatic N) is 2. The number of nitrogens with one attached hydrogen (secondary N) is 1. The lowest BCUT2D eigenvalue weighted by atomic mass is 10.1. The van der Waals surface area contributed by atoms with Gasteiger partial charge in [-0.25, -0.2) is 5.43 Å². The van der Waals surface area contributed by atoms with E-state index in [1.807, 2.05) is 12.1 Å². The number of nitro groups is 1. The predicted octanol–water partition coefficient (Wildman–Crippen LogP) is 6.12. The van der Waals surface area contributed by atoms with Crippen LogP contribution in [0.2, 0.25) is 5.02 Å². The number of methoxy groups -OCH3 is 1. The number of non-ortho nitro benzene ring substituents is 1. The lowest BCUT2D eigenvalue weighted by molar-refractivity contribution is -0.384.